The van der Waals surface area contributed by atoms with Crippen LogP contribution in [0.4, 0.5) is 0 Å². The molecule has 2 aromatic rings. The fourth-order valence-corrected chi connectivity index (χ4v) is 2.74. The van der Waals surface area contributed by atoms with Crippen molar-refractivity contribution >= 4 is 10.0 Å². The Balaban J connectivity index is 2.69. The highest BCUT2D eigenvalue weighted by Gasteiger charge is 2.23. The zero-order valence-electron chi connectivity index (χ0n) is 12.0. The van der Waals surface area contributed by atoms with Gasteiger partial charge in [-0.3, -0.25) is 4.57 Å². The summed E-state index contributed by atoms with van der Waals surface area (Å²) in [6.45, 7) is 7.74. The van der Waals surface area contributed by atoms with Crippen molar-refractivity contribution in [1.82, 2.24) is 14.8 Å². The highest BCUT2D eigenvalue weighted by atomic mass is 32.2. The number of aryl methyl sites for hydroxylation is 2. The first-order valence-corrected chi connectivity index (χ1v) is 7.81. The standard InChI is InChI=1S/C13H18N4O2S/c1-8(2)17-12(15-16-13(17)20(14,18)19)11-6-5-9(3)10(4)7-11/h5-8H,1-4H3,(H2,14,18,19). The summed E-state index contributed by atoms with van der Waals surface area (Å²) in [4.78, 5) is 0. The van der Waals surface area contributed by atoms with Gasteiger partial charge in [0.2, 0.25) is 0 Å². The van der Waals surface area contributed by atoms with Gasteiger partial charge in [0, 0.05) is 11.6 Å². The topological polar surface area (TPSA) is 90.9 Å². The summed E-state index contributed by atoms with van der Waals surface area (Å²) in [5, 5.41) is 12.7. The van der Waals surface area contributed by atoms with Gasteiger partial charge in [0.1, 0.15) is 0 Å². The zero-order chi connectivity index (χ0) is 15.1. The number of nitrogens with two attached hydrogens (primary N) is 1. The van der Waals surface area contributed by atoms with E-state index in [0.29, 0.717) is 5.82 Å². The van der Waals surface area contributed by atoms with E-state index >= 15 is 0 Å². The minimum absolute atomic E-state index is 0.116. The van der Waals surface area contributed by atoms with Crippen molar-refractivity contribution in [1.29, 1.82) is 0 Å². The number of primary sulfonamides is 1. The summed E-state index contributed by atoms with van der Waals surface area (Å²) in [6.07, 6.45) is 0. The lowest BCUT2D eigenvalue weighted by Crippen LogP contribution is -2.20. The molecule has 2 rings (SSSR count). The van der Waals surface area contributed by atoms with Crippen molar-refractivity contribution in [3.63, 3.8) is 0 Å². The molecule has 108 valence electrons. The number of nitrogens with zero attached hydrogens (tertiary/aromatic N) is 3. The molecule has 0 unspecified atom stereocenters. The maximum atomic E-state index is 11.6. The highest BCUT2D eigenvalue weighted by molar-refractivity contribution is 7.89. The third-order valence-electron chi connectivity index (χ3n) is 3.20. The number of sulfonamides is 1. The number of rotatable bonds is 3. The molecule has 1 aromatic carbocycles. The van der Waals surface area contributed by atoms with E-state index in [2.05, 4.69) is 10.2 Å². The van der Waals surface area contributed by atoms with E-state index in [9.17, 15) is 8.42 Å². The molecule has 7 heteroatoms. The highest BCUT2D eigenvalue weighted by Crippen LogP contribution is 2.25. The minimum Gasteiger partial charge on any atom is -0.294 e. The molecule has 0 amide bonds. The van der Waals surface area contributed by atoms with Gasteiger partial charge in [0.05, 0.1) is 0 Å². The molecule has 0 saturated heterocycles. The Morgan fingerprint density at radius 1 is 1.15 bits per heavy atom. The third kappa shape index (κ3) is 2.59. The van der Waals surface area contributed by atoms with Gasteiger partial charge in [-0.1, -0.05) is 12.1 Å². The lowest BCUT2D eigenvalue weighted by molar-refractivity contribution is 0.524. The Bertz CT molecular complexity index is 748. The van der Waals surface area contributed by atoms with Gasteiger partial charge in [0.25, 0.3) is 15.2 Å². The van der Waals surface area contributed by atoms with Crippen LogP contribution in [0.2, 0.25) is 0 Å². The Kier molecular flexibility index (Phi) is 3.66. The van der Waals surface area contributed by atoms with E-state index in [1.807, 2.05) is 45.9 Å². The van der Waals surface area contributed by atoms with Crippen molar-refractivity contribution in [2.24, 2.45) is 5.14 Å². The van der Waals surface area contributed by atoms with Crippen molar-refractivity contribution in [2.45, 2.75) is 38.9 Å². The molecule has 0 spiro atoms. The quantitative estimate of drug-likeness (QED) is 0.934. The second-order valence-electron chi connectivity index (χ2n) is 5.11. The maximum Gasteiger partial charge on any atom is 0.273 e. The first kappa shape index (κ1) is 14.7. The van der Waals surface area contributed by atoms with Crippen LogP contribution in [-0.2, 0) is 10.0 Å². The van der Waals surface area contributed by atoms with Gasteiger partial charge in [-0.05, 0) is 44.9 Å². The predicted octanol–water partition coefficient (Wildman–Crippen LogP) is 1.79. The molecule has 0 aliphatic heterocycles. The largest absolute Gasteiger partial charge is 0.294 e. The predicted molar refractivity (Wildman–Crippen MR) is 76.7 cm³/mol. The molecule has 0 bridgehead atoms. The van der Waals surface area contributed by atoms with Gasteiger partial charge < -0.3 is 0 Å². The van der Waals surface area contributed by atoms with Gasteiger partial charge in [-0.25, -0.2) is 13.6 Å². The van der Waals surface area contributed by atoms with Crippen molar-refractivity contribution in [3.8, 4) is 11.4 Å². The second-order valence-corrected chi connectivity index (χ2v) is 6.57. The zero-order valence-corrected chi connectivity index (χ0v) is 12.8. The molecule has 6 nitrogen and oxygen atoms in total. The van der Waals surface area contributed by atoms with Crippen LogP contribution in [0.15, 0.2) is 23.4 Å². The maximum absolute atomic E-state index is 11.6. The van der Waals surface area contributed by atoms with Gasteiger partial charge in [-0.15, -0.1) is 10.2 Å². The average Bonchev–Trinajstić information content (AvgIpc) is 2.77. The third-order valence-corrected chi connectivity index (χ3v) is 3.99. The molecule has 0 atom stereocenters. The molecule has 20 heavy (non-hydrogen) atoms. The number of benzene rings is 1. The summed E-state index contributed by atoms with van der Waals surface area (Å²) in [5.74, 6) is 0.507. The fourth-order valence-electron chi connectivity index (χ4n) is 2.01. The summed E-state index contributed by atoms with van der Waals surface area (Å²) >= 11 is 0. The van der Waals surface area contributed by atoms with E-state index in [4.69, 9.17) is 5.14 Å². The molecule has 0 aliphatic carbocycles. The summed E-state index contributed by atoms with van der Waals surface area (Å²) in [5.41, 5.74) is 3.10. The molecule has 0 saturated carbocycles. The van der Waals surface area contributed by atoms with Gasteiger partial charge in [0.15, 0.2) is 5.82 Å². The van der Waals surface area contributed by atoms with E-state index in [1.165, 1.54) is 0 Å². The van der Waals surface area contributed by atoms with Crippen LogP contribution in [0.5, 0.6) is 0 Å². The molecule has 2 N–H and O–H groups in total. The summed E-state index contributed by atoms with van der Waals surface area (Å²) in [7, 11) is -3.89. The van der Waals surface area contributed by atoms with Crippen LogP contribution in [-0.4, -0.2) is 23.2 Å². The Morgan fingerprint density at radius 3 is 2.30 bits per heavy atom. The molecule has 0 aliphatic rings. The average molecular weight is 294 g/mol. The molecular weight excluding hydrogens is 276 g/mol. The fraction of sp³-hybridized carbons (Fsp3) is 0.385. The second kappa shape index (κ2) is 4.99. The van der Waals surface area contributed by atoms with Crippen molar-refractivity contribution in [2.75, 3.05) is 0 Å². The molecule has 1 heterocycles. The molecule has 0 radical (unpaired) electrons. The number of aromatic nitrogens is 3. The normalized spacial score (nSPS) is 12.1. The van der Waals surface area contributed by atoms with Crippen LogP contribution in [0, 0.1) is 13.8 Å². The van der Waals surface area contributed by atoms with E-state index in [1.54, 1.807) is 4.57 Å². The van der Waals surface area contributed by atoms with E-state index in [-0.39, 0.29) is 11.2 Å². The molecular formula is C13H18N4O2S. The first-order valence-electron chi connectivity index (χ1n) is 6.27. The monoisotopic (exact) mass is 294 g/mol. The van der Waals surface area contributed by atoms with Crippen molar-refractivity contribution < 1.29 is 8.42 Å². The smallest absolute Gasteiger partial charge is 0.273 e. The summed E-state index contributed by atoms with van der Waals surface area (Å²) in [6, 6.07) is 5.72. The molecule has 0 fully saturated rings. The Hall–Kier alpha value is -1.73. The van der Waals surface area contributed by atoms with E-state index in [0.717, 1.165) is 16.7 Å². The van der Waals surface area contributed by atoms with Crippen LogP contribution in [0.25, 0.3) is 11.4 Å². The number of hydrogen-bond acceptors (Lipinski definition) is 4. The van der Waals surface area contributed by atoms with Crippen LogP contribution < -0.4 is 5.14 Å². The Morgan fingerprint density at radius 2 is 1.80 bits per heavy atom. The lowest BCUT2D eigenvalue weighted by atomic mass is 10.1. The van der Waals surface area contributed by atoms with Gasteiger partial charge in [-0.2, -0.15) is 0 Å². The van der Waals surface area contributed by atoms with Crippen molar-refractivity contribution in [3.05, 3.63) is 29.3 Å². The van der Waals surface area contributed by atoms with Crippen LogP contribution in [0.3, 0.4) is 0 Å². The Labute approximate surface area is 118 Å². The summed E-state index contributed by atoms with van der Waals surface area (Å²) < 4.78 is 24.7. The van der Waals surface area contributed by atoms with Gasteiger partial charge >= 0.3 is 0 Å². The minimum atomic E-state index is -3.89. The van der Waals surface area contributed by atoms with E-state index < -0.39 is 10.0 Å². The molecule has 1 aromatic heterocycles. The SMILES string of the molecule is Cc1ccc(-c2nnc(S(N)(=O)=O)n2C(C)C)cc1C. The first-order chi connectivity index (χ1) is 9.21. The van der Waals surface area contributed by atoms with Crippen LogP contribution in [0.1, 0.15) is 31.0 Å². The lowest BCUT2D eigenvalue weighted by Gasteiger charge is -2.13. The number of hydrogen-bond donors (Lipinski definition) is 1. The van der Waals surface area contributed by atoms with Crippen LogP contribution >= 0.6 is 0 Å².